The van der Waals surface area contributed by atoms with Crippen LogP contribution in [0, 0.1) is 0 Å². The van der Waals surface area contributed by atoms with Crippen molar-refractivity contribution in [1.29, 1.82) is 0 Å². The van der Waals surface area contributed by atoms with Gasteiger partial charge in [0.05, 0.1) is 26.2 Å². The molecule has 0 N–H and O–H groups in total. The first-order valence-corrected chi connectivity index (χ1v) is 5.56. The maximum atomic E-state index is 11.2. The van der Waals surface area contributed by atoms with Crippen molar-refractivity contribution in [2.24, 2.45) is 0 Å². The lowest BCUT2D eigenvalue weighted by atomic mass is 10.2. The van der Waals surface area contributed by atoms with E-state index in [-0.39, 0.29) is 12.1 Å². The number of ether oxygens (including phenoxy) is 4. The zero-order valence-corrected chi connectivity index (χ0v) is 10.2. The molecule has 2 atom stereocenters. The molecule has 0 unspecified atom stereocenters. The summed E-state index contributed by atoms with van der Waals surface area (Å²) in [6, 6.07) is 0. The molecule has 1 rings (SSSR count). The summed E-state index contributed by atoms with van der Waals surface area (Å²) in [6.45, 7) is 5.05. The topological polar surface area (TPSA) is 54.0 Å². The Hall–Kier alpha value is -0.650. The molecule has 0 saturated carbocycles. The molecule has 16 heavy (non-hydrogen) atoms. The van der Waals surface area contributed by atoms with Gasteiger partial charge in [0.1, 0.15) is 6.10 Å². The van der Waals surface area contributed by atoms with Crippen molar-refractivity contribution < 1.29 is 23.7 Å². The third kappa shape index (κ3) is 4.08. The van der Waals surface area contributed by atoms with Crippen molar-refractivity contribution in [1.82, 2.24) is 0 Å². The first kappa shape index (κ1) is 13.4. The van der Waals surface area contributed by atoms with E-state index in [0.29, 0.717) is 32.7 Å². The van der Waals surface area contributed by atoms with Crippen LogP contribution in [0.2, 0.25) is 0 Å². The first-order valence-electron chi connectivity index (χ1n) is 5.56. The van der Waals surface area contributed by atoms with Crippen LogP contribution in [0.4, 0.5) is 0 Å². The van der Waals surface area contributed by atoms with E-state index in [9.17, 15) is 4.79 Å². The molecule has 5 heteroatoms. The summed E-state index contributed by atoms with van der Waals surface area (Å²) in [4.78, 5) is 11.2. The summed E-state index contributed by atoms with van der Waals surface area (Å²) in [6.07, 6.45) is 0.771. The molecule has 0 aromatic heterocycles. The fourth-order valence-electron chi connectivity index (χ4n) is 1.65. The quantitative estimate of drug-likeness (QED) is 0.642. The molecular weight excluding hydrogens is 212 g/mol. The van der Waals surface area contributed by atoms with Crippen molar-refractivity contribution >= 4 is 5.97 Å². The molecule has 1 aliphatic rings. The molecule has 0 amide bonds. The highest BCUT2D eigenvalue weighted by Gasteiger charge is 2.37. The average Bonchev–Trinajstić information content (AvgIpc) is 2.60. The summed E-state index contributed by atoms with van der Waals surface area (Å²) < 4.78 is 21.0. The summed E-state index contributed by atoms with van der Waals surface area (Å²) in [5.74, 6) is -0.901. The number of hydrogen-bond acceptors (Lipinski definition) is 5. The van der Waals surface area contributed by atoms with Crippen molar-refractivity contribution in [3.8, 4) is 0 Å². The predicted molar refractivity (Wildman–Crippen MR) is 57.0 cm³/mol. The van der Waals surface area contributed by atoms with Crippen LogP contribution in [0.3, 0.4) is 0 Å². The van der Waals surface area contributed by atoms with E-state index in [4.69, 9.17) is 18.9 Å². The van der Waals surface area contributed by atoms with E-state index in [1.807, 2.05) is 6.92 Å². The van der Waals surface area contributed by atoms with E-state index >= 15 is 0 Å². The van der Waals surface area contributed by atoms with Gasteiger partial charge in [-0.1, -0.05) is 0 Å². The Kier molecular flexibility index (Phi) is 5.18. The lowest BCUT2D eigenvalue weighted by Gasteiger charge is -2.22. The fraction of sp³-hybridized carbons (Fsp3) is 0.909. The van der Waals surface area contributed by atoms with Crippen LogP contribution in [0.5, 0.6) is 0 Å². The van der Waals surface area contributed by atoms with Crippen LogP contribution >= 0.6 is 0 Å². The molecule has 0 aromatic rings. The molecule has 1 fully saturated rings. The number of rotatable bonds is 6. The second-order valence-electron chi connectivity index (χ2n) is 3.95. The van der Waals surface area contributed by atoms with Gasteiger partial charge in [-0.15, -0.1) is 0 Å². The van der Waals surface area contributed by atoms with E-state index in [0.717, 1.165) is 0 Å². The smallest absolute Gasteiger partial charge is 0.305 e. The van der Waals surface area contributed by atoms with Gasteiger partial charge in [0.15, 0.2) is 5.79 Å². The largest absolute Gasteiger partial charge is 0.466 e. The van der Waals surface area contributed by atoms with Crippen molar-refractivity contribution in [2.45, 2.75) is 38.6 Å². The maximum Gasteiger partial charge on any atom is 0.305 e. The minimum absolute atomic E-state index is 0.0443. The Bertz CT molecular complexity index is 230. The minimum atomic E-state index is -0.685. The van der Waals surface area contributed by atoms with Crippen LogP contribution in [-0.4, -0.2) is 44.8 Å². The molecule has 94 valence electrons. The van der Waals surface area contributed by atoms with Gasteiger partial charge in [-0.2, -0.15) is 0 Å². The fourth-order valence-corrected chi connectivity index (χ4v) is 1.65. The zero-order valence-electron chi connectivity index (χ0n) is 10.2. The van der Waals surface area contributed by atoms with Gasteiger partial charge in [0.2, 0.25) is 0 Å². The molecule has 0 aliphatic carbocycles. The molecule has 0 aromatic carbocycles. The molecule has 1 heterocycles. The Morgan fingerprint density at radius 3 is 2.94 bits per heavy atom. The number of hydrogen-bond donors (Lipinski definition) is 0. The van der Waals surface area contributed by atoms with Gasteiger partial charge in [-0.25, -0.2) is 0 Å². The molecule has 1 saturated heterocycles. The third-order valence-corrected chi connectivity index (χ3v) is 2.43. The third-order valence-electron chi connectivity index (χ3n) is 2.43. The van der Waals surface area contributed by atoms with E-state index < -0.39 is 5.79 Å². The average molecular weight is 232 g/mol. The minimum Gasteiger partial charge on any atom is -0.466 e. The van der Waals surface area contributed by atoms with Gasteiger partial charge >= 0.3 is 5.97 Å². The first-order chi connectivity index (χ1) is 7.59. The number of methoxy groups -OCH3 is 1. The van der Waals surface area contributed by atoms with Crippen LogP contribution in [-0.2, 0) is 23.7 Å². The maximum absolute atomic E-state index is 11.2. The van der Waals surface area contributed by atoms with Gasteiger partial charge in [-0.3, -0.25) is 4.79 Å². The van der Waals surface area contributed by atoms with Gasteiger partial charge in [0.25, 0.3) is 0 Å². The lowest BCUT2D eigenvalue weighted by Crippen LogP contribution is -2.29. The van der Waals surface area contributed by atoms with Crippen molar-refractivity contribution in [3.05, 3.63) is 0 Å². The summed E-state index contributed by atoms with van der Waals surface area (Å²) in [7, 11) is 1.62. The summed E-state index contributed by atoms with van der Waals surface area (Å²) in [5, 5.41) is 0. The highest BCUT2D eigenvalue weighted by molar-refractivity contribution is 5.69. The van der Waals surface area contributed by atoms with E-state index in [1.54, 1.807) is 14.0 Å². The molecule has 1 aliphatic heterocycles. The second-order valence-corrected chi connectivity index (χ2v) is 3.95. The molecule has 0 bridgehead atoms. The normalized spacial score (nSPS) is 29.3. The van der Waals surface area contributed by atoms with Crippen LogP contribution < -0.4 is 0 Å². The lowest BCUT2D eigenvalue weighted by molar-refractivity contribution is -0.170. The highest BCUT2D eigenvalue weighted by Crippen LogP contribution is 2.28. The standard InChI is InChI=1S/C11H20O5/c1-4-14-10(12)5-6-11(2)15-8-9(16-11)7-13-3/h9H,4-8H2,1-3H3/t9-,11+/m1/s1. The second kappa shape index (κ2) is 6.18. The highest BCUT2D eigenvalue weighted by atomic mass is 16.7. The molecule has 0 spiro atoms. The van der Waals surface area contributed by atoms with Crippen LogP contribution in [0.15, 0.2) is 0 Å². The molecule has 0 radical (unpaired) electrons. The number of carbonyl (C=O) groups is 1. The van der Waals surface area contributed by atoms with Crippen molar-refractivity contribution in [2.75, 3.05) is 26.9 Å². The van der Waals surface area contributed by atoms with Crippen LogP contribution in [0.1, 0.15) is 26.7 Å². The monoisotopic (exact) mass is 232 g/mol. The molecule has 5 nitrogen and oxygen atoms in total. The Labute approximate surface area is 96.0 Å². The Morgan fingerprint density at radius 1 is 1.56 bits per heavy atom. The van der Waals surface area contributed by atoms with Gasteiger partial charge in [0, 0.05) is 13.5 Å². The number of carbonyl (C=O) groups excluding carboxylic acids is 1. The SMILES string of the molecule is CCOC(=O)CC[C@@]1(C)OC[C@@H](COC)O1. The predicted octanol–water partition coefficient (Wildman–Crippen LogP) is 1.11. The van der Waals surface area contributed by atoms with Gasteiger partial charge < -0.3 is 18.9 Å². The number of esters is 1. The Balaban J connectivity index is 2.28. The Morgan fingerprint density at radius 2 is 2.31 bits per heavy atom. The van der Waals surface area contributed by atoms with Gasteiger partial charge in [-0.05, 0) is 13.8 Å². The van der Waals surface area contributed by atoms with E-state index in [2.05, 4.69) is 0 Å². The summed E-state index contributed by atoms with van der Waals surface area (Å²) >= 11 is 0. The van der Waals surface area contributed by atoms with Crippen molar-refractivity contribution in [3.63, 3.8) is 0 Å². The van der Waals surface area contributed by atoms with Crippen LogP contribution in [0.25, 0.3) is 0 Å². The summed E-state index contributed by atoms with van der Waals surface area (Å²) in [5.41, 5.74) is 0. The molecular formula is C11H20O5. The zero-order chi connectivity index (χ0) is 12.0. The van der Waals surface area contributed by atoms with E-state index in [1.165, 1.54) is 0 Å².